The number of fused-ring (bicyclic) bond motifs is 2. The summed E-state index contributed by atoms with van der Waals surface area (Å²) in [7, 11) is -1.12. The van der Waals surface area contributed by atoms with E-state index in [1.807, 2.05) is 54.6 Å². The summed E-state index contributed by atoms with van der Waals surface area (Å²) < 4.78 is 42.6. The minimum atomic E-state index is -2.42. The van der Waals surface area contributed by atoms with Crippen molar-refractivity contribution in [2.45, 2.75) is 49.9 Å². The van der Waals surface area contributed by atoms with Crippen LogP contribution in [0.15, 0.2) is 104 Å². The molecule has 0 saturated carbocycles. The summed E-state index contributed by atoms with van der Waals surface area (Å²) in [6.45, 7) is 3.61. The largest absolute Gasteiger partial charge is 0.699 e. The monoisotopic (exact) mass is 612 g/mol. The molecule has 4 heterocycles. The third-order valence-electron chi connectivity index (χ3n) is 7.88. The van der Waals surface area contributed by atoms with Crippen molar-refractivity contribution in [2.24, 2.45) is 0 Å². The second kappa shape index (κ2) is 11.4. The number of anilines is 1. The molecule has 1 unspecified atom stereocenters. The van der Waals surface area contributed by atoms with Gasteiger partial charge in [0.15, 0.2) is 17.7 Å². The summed E-state index contributed by atoms with van der Waals surface area (Å²) in [6.07, 6.45) is 0.135. The van der Waals surface area contributed by atoms with E-state index in [1.54, 1.807) is 24.7 Å². The molecule has 2 saturated heterocycles. The number of aromatic nitrogens is 4. The van der Waals surface area contributed by atoms with Crippen molar-refractivity contribution < 1.29 is 27.8 Å². The Morgan fingerprint density at radius 1 is 0.864 bits per heavy atom. The average molecular weight is 613 g/mol. The summed E-state index contributed by atoms with van der Waals surface area (Å²) in [5, 5.41) is 9.16. The predicted octanol–water partition coefficient (Wildman–Crippen LogP) is 5.93. The lowest BCUT2D eigenvalue weighted by Crippen LogP contribution is -2.38. The molecule has 0 amide bonds. The fraction of sp³-hybridized carbons (Fsp3) is 0.281. The summed E-state index contributed by atoms with van der Waals surface area (Å²) in [6, 6.07) is 30.8. The zero-order chi connectivity index (χ0) is 30.3. The first-order valence-corrected chi connectivity index (χ1v) is 15.3. The predicted molar refractivity (Wildman–Crippen MR) is 162 cm³/mol. The van der Waals surface area contributed by atoms with Gasteiger partial charge in [-0.05, 0) is 30.5 Å². The number of hydrogen-bond acceptors (Lipinski definition) is 10. The number of ether oxygens (including phenoxy) is 3. The van der Waals surface area contributed by atoms with E-state index in [0.29, 0.717) is 16.9 Å². The van der Waals surface area contributed by atoms with Gasteiger partial charge in [-0.25, -0.2) is 14.6 Å². The highest BCUT2D eigenvalue weighted by Gasteiger charge is 2.59. The van der Waals surface area contributed by atoms with Gasteiger partial charge >= 0.3 is 8.25 Å². The van der Waals surface area contributed by atoms with Crippen LogP contribution in [0, 0.1) is 0 Å². The van der Waals surface area contributed by atoms with Crippen LogP contribution in [-0.2, 0) is 33.4 Å². The van der Waals surface area contributed by atoms with E-state index in [0.717, 1.165) is 16.7 Å². The molecule has 1 N–H and O–H groups in total. The molecule has 5 aromatic rings. The molecule has 0 aliphatic carbocycles. The van der Waals surface area contributed by atoms with E-state index < -0.39 is 44.3 Å². The van der Waals surface area contributed by atoms with Crippen molar-refractivity contribution >= 4 is 25.1 Å². The van der Waals surface area contributed by atoms with Crippen LogP contribution >= 0.6 is 8.25 Å². The maximum atomic E-state index is 12.1. The Bertz CT molecular complexity index is 1680. The Balaban J connectivity index is 1.34. The zero-order valence-electron chi connectivity index (χ0n) is 24.3. The van der Waals surface area contributed by atoms with E-state index in [4.69, 9.17) is 28.2 Å². The Kier molecular flexibility index (Phi) is 7.45. The first kappa shape index (κ1) is 28.7. The standard InChI is InChI=1S/C32H31N5O6P/c1-31(2)41-25-26(42-31)30(43-44(38)39-3)40-29(25)37-28-24(19-35-37)27(33-20-34-28)36-32(21-13-7-4-8-14-21,22-15-9-5-10-16-22)23-17-11-6-12-18-23/h4-20,25-26,29-30H,1-3H3,(H,33,34,36)/q+1/t25-,26-,29-,30-/m1/s1. The van der Waals surface area contributed by atoms with Gasteiger partial charge < -0.3 is 19.5 Å². The van der Waals surface area contributed by atoms with Gasteiger partial charge in [-0.15, -0.1) is 4.52 Å². The fourth-order valence-corrected chi connectivity index (χ4v) is 6.48. The van der Waals surface area contributed by atoms with Crippen molar-refractivity contribution in [1.82, 2.24) is 19.7 Å². The van der Waals surface area contributed by atoms with Crippen LogP contribution in [0.3, 0.4) is 0 Å². The van der Waals surface area contributed by atoms with Crippen LogP contribution in [0.1, 0.15) is 36.8 Å². The van der Waals surface area contributed by atoms with E-state index in [2.05, 4.69) is 51.8 Å². The van der Waals surface area contributed by atoms with Crippen LogP contribution in [-0.4, -0.2) is 51.1 Å². The molecular formula is C32H31N5O6P+. The molecule has 3 aromatic carbocycles. The van der Waals surface area contributed by atoms with Crippen molar-refractivity contribution in [3.63, 3.8) is 0 Å². The Hall–Kier alpha value is -4.09. The summed E-state index contributed by atoms with van der Waals surface area (Å²) in [4.78, 5) is 9.31. The quantitative estimate of drug-likeness (QED) is 0.159. The van der Waals surface area contributed by atoms with Crippen molar-refractivity contribution in [1.29, 1.82) is 0 Å². The number of rotatable bonds is 9. The highest BCUT2D eigenvalue weighted by molar-refractivity contribution is 7.33. The highest BCUT2D eigenvalue weighted by Crippen LogP contribution is 2.47. The average Bonchev–Trinajstić information content (AvgIpc) is 3.72. The van der Waals surface area contributed by atoms with Crippen molar-refractivity contribution in [3.8, 4) is 0 Å². The van der Waals surface area contributed by atoms with Crippen LogP contribution in [0.25, 0.3) is 11.0 Å². The summed E-state index contributed by atoms with van der Waals surface area (Å²) >= 11 is 0. The van der Waals surface area contributed by atoms with Crippen LogP contribution < -0.4 is 5.32 Å². The zero-order valence-corrected chi connectivity index (χ0v) is 25.2. The maximum absolute atomic E-state index is 12.1. The lowest BCUT2D eigenvalue weighted by molar-refractivity contribution is -0.225. The number of nitrogens with zero attached hydrogens (tertiary/aromatic N) is 4. The van der Waals surface area contributed by atoms with Gasteiger partial charge in [0, 0.05) is 4.57 Å². The Morgan fingerprint density at radius 3 is 2.00 bits per heavy atom. The molecule has 12 heteroatoms. The third kappa shape index (κ3) is 4.97. The summed E-state index contributed by atoms with van der Waals surface area (Å²) in [5.41, 5.74) is 2.80. The lowest BCUT2D eigenvalue weighted by atomic mass is 9.77. The van der Waals surface area contributed by atoms with Gasteiger partial charge in [-0.3, -0.25) is 0 Å². The van der Waals surface area contributed by atoms with Crippen LogP contribution in [0.2, 0.25) is 0 Å². The van der Waals surface area contributed by atoms with Gasteiger partial charge in [0.25, 0.3) is 0 Å². The summed E-state index contributed by atoms with van der Waals surface area (Å²) in [5.74, 6) is -0.338. The molecule has 0 spiro atoms. The molecule has 0 bridgehead atoms. The third-order valence-corrected chi connectivity index (χ3v) is 8.56. The van der Waals surface area contributed by atoms with Gasteiger partial charge in [-0.1, -0.05) is 95.5 Å². The van der Waals surface area contributed by atoms with Crippen LogP contribution in [0.5, 0.6) is 0 Å². The van der Waals surface area contributed by atoms with Crippen molar-refractivity contribution in [3.05, 3.63) is 120 Å². The van der Waals surface area contributed by atoms with Gasteiger partial charge in [0.1, 0.15) is 29.9 Å². The smallest absolute Gasteiger partial charge is 0.352 e. The molecule has 11 nitrogen and oxygen atoms in total. The second-order valence-electron chi connectivity index (χ2n) is 11.0. The number of benzene rings is 3. The maximum Gasteiger partial charge on any atom is 0.699 e. The minimum absolute atomic E-state index is 0.513. The number of hydrogen-bond donors (Lipinski definition) is 1. The van der Waals surface area contributed by atoms with Gasteiger partial charge in [-0.2, -0.15) is 5.10 Å². The molecule has 0 radical (unpaired) electrons. The van der Waals surface area contributed by atoms with Gasteiger partial charge in [0.2, 0.25) is 6.29 Å². The SMILES string of the molecule is CO[P+](=O)O[C@H]1O[C@@H](n2ncc3c(NC(c4ccccc4)(c4ccccc4)c4ccccc4)ncnc32)[C@@H]2OC(C)(C)O[C@@H]12. The molecular weight excluding hydrogens is 581 g/mol. The molecule has 224 valence electrons. The van der Waals surface area contributed by atoms with Gasteiger partial charge in [0.05, 0.1) is 18.7 Å². The molecule has 44 heavy (non-hydrogen) atoms. The first-order valence-electron chi connectivity index (χ1n) is 14.2. The van der Waals surface area contributed by atoms with Crippen LogP contribution in [0.4, 0.5) is 5.82 Å². The Labute approximate surface area is 255 Å². The normalized spacial score (nSPS) is 23.0. The topological polar surface area (TPSA) is 119 Å². The molecule has 5 atom stereocenters. The lowest BCUT2D eigenvalue weighted by Gasteiger charge is -2.37. The highest BCUT2D eigenvalue weighted by atomic mass is 31.1. The first-order chi connectivity index (χ1) is 21.4. The minimum Gasteiger partial charge on any atom is -0.352 e. The van der Waals surface area contributed by atoms with E-state index in [1.165, 1.54) is 13.4 Å². The molecule has 7 rings (SSSR count). The number of nitrogens with one attached hydrogen (secondary N) is 1. The molecule has 2 aliphatic heterocycles. The van der Waals surface area contributed by atoms with E-state index in [9.17, 15) is 4.57 Å². The molecule has 2 aliphatic rings. The van der Waals surface area contributed by atoms with E-state index >= 15 is 0 Å². The Morgan fingerprint density at radius 2 is 1.43 bits per heavy atom. The van der Waals surface area contributed by atoms with Crippen molar-refractivity contribution in [2.75, 3.05) is 12.4 Å². The van der Waals surface area contributed by atoms with E-state index in [-0.39, 0.29) is 0 Å². The fourth-order valence-electron chi connectivity index (χ4n) is 6.06. The molecule has 2 aromatic heterocycles. The second-order valence-corrected chi connectivity index (χ2v) is 12.0. The molecule has 2 fully saturated rings.